The van der Waals surface area contributed by atoms with Crippen molar-refractivity contribution < 1.29 is 0 Å². The van der Waals surface area contributed by atoms with E-state index in [1.54, 1.807) is 0 Å². The third kappa shape index (κ3) is 2.08. The molecule has 1 aliphatic rings. The molecule has 0 aliphatic carbocycles. The fraction of sp³-hybridized carbons (Fsp3) is 0.750. The Morgan fingerprint density at radius 2 is 1.89 bits per heavy atom. The Balaban J connectivity index is 2.22. The van der Waals surface area contributed by atoms with Gasteiger partial charge in [-0.1, -0.05) is 20.8 Å². The second kappa shape index (κ2) is 2.05. The van der Waals surface area contributed by atoms with Crippen LogP contribution in [0, 0.1) is 5.41 Å². The van der Waals surface area contributed by atoms with Gasteiger partial charge in [0, 0.05) is 18.9 Å². The molecule has 0 amide bonds. The molecule has 9 heavy (non-hydrogen) atoms. The van der Waals surface area contributed by atoms with Crippen LogP contribution in [0.15, 0.2) is 12.4 Å². The van der Waals surface area contributed by atoms with Gasteiger partial charge in [-0.25, -0.2) is 0 Å². The lowest BCUT2D eigenvalue weighted by molar-refractivity contribution is 0.293. The standard InChI is InChI=1S/C8H15N/c1-4-8(2,3)7-9-5-6-9/h5-6H,4,7H2,1-3H3. The van der Waals surface area contributed by atoms with Gasteiger partial charge in [-0.15, -0.1) is 0 Å². The van der Waals surface area contributed by atoms with Gasteiger partial charge in [0.05, 0.1) is 0 Å². The van der Waals surface area contributed by atoms with Crippen LogP contribution in [0.1, 0.15) is 27.2 Å². The van der Waals surface area contributed by atoms with Crippen molar-refractivity contribution in [2.75, 3.05) is 6.54 Å². The Morgan fingerprint density at radius 1 is 1.33 bits per heavy atom. The monoisotopic (exact) mass is 125 g/mol. The minimum atomic E-state index is 0.490. The molecule has 52 valence electrons. The van der Waals surface area contributed by atoms with Crippen LogP contribution in [0.25, 0.3) is 0 Å². The van der Waals surface area contributed by atoms with Crippen LogP contribution in [0.2, 0.25) is 0 Å². The molecular formula is C8H15N. The molecule has 1 heterocycles. The first-order chi connectivity index (χ1) is 4.14. The summed E-state index contributed by atoms with van der Waals surface area (Å²) in [5, 5.41) is 0. The summed E-state index contributed by atoms with van der Waals surface area (Å²) >= 11 is 0. The minimum Gasteiger partial charge on any atom is -0.351 e. The Kier molecular flexibility index (Phi) is 1.52. The van der Waals surface area contributed by atoms with Crippen molar-refractivity contribution in [3.05, 3.63) is 12.4 Å². The molecule has 0 aromatic rings. The predicted molar refractivity (Wildman–Crippen MR) is 39.9 cm³/mol. The first-order valence-electron chi connectivity index (χ1n) is 3.58. The summed E-state index contributed by atoms with van der Waals surface area (Å²) in [5.41, 5.74) is 0.490. The molecule has 0 spiro atoms. The van der Waals surface area contributed by atoms with Crippen LogP contribution in [0.5, 0.6) is 0 Å². The van der Waals surface area contributed by atoms with Crippen molar-refractivity contribution in [1.82, 2.24) is 4.90 Å². The van der Waals surface area contributed by atoms with Crippen LogP contribution in [0.3, 0.4) is 0 Å². The Hall–Kier alpha value is -0.460. The van der Waals surface area contributed by atoms with E-state index in [4.69, 9.17) is 0 Å². The molecule has 0 saturated heterocycles. The quantitative estimate of drug-likeness (QED) is 0.559. The van der Waals surface area contributed by atoms with E-state index in [0.717, 1.165) is 0 Å². The van der Waals surface area contributed by atoms with E-state index < -0.39 is 0 Å². The summed E-state index contributed by atoms with van der Waals surface area (Å²) in [6.45, 7) is 8.02. The van der Waals surface area contributed by atoms with E-state index in [1.807, 2.05) is 0 Å². The average Bonchev–Trinajstić information content (AvgIpc) is 2.50. The largest absolute Gasteiger partial charge is 0.351 e. The molecule has 0 fully saturated rings. The third-order valence-electron chi connectivity index (χ3n) is 1.93. The first-order valence-corrected chi connectivity index (χ1v) is 3.58. The van der Waals surface area contributed by atoms with Gasteiger partial charge in [0.25, 0.3) is 0 Å². The van der Waals surface area contributed by atoms with Crippen LogP contribution in [0.4, 0.5) is 0 Å². The molecule has 1 rings (SSSR count). The van der Waals surface area contributed by atoms with Crippen molar-refractivity contribution in [3.63, 3.8) is 0 Å². The van der Waals surface area contributed by atoms with Crippen molar-refractivity contribution in [2.24, 2.45) is 5.41 Å². The molecule has 0 atom stereocenters. The van der Waals surface area contributed by atoms with Crippen molar-refractivity contribution in [1.29, 1.82) is 0 Å². The fourth-order valence-corrected chi connectivity index (χ4v) is 0.759. The lowest BCUT2D eigenvalue weighted by Gasteiger charge is -2.23. The summed E-state index contributed by atoms with van der Waals surface area (Å²) in [7, 11) is 0. The number of rotatable bonds is 3. The average molecular weight is 125 g/mol. The molecule has 1 aliphatic heterocycles. The Morgan fingerprint density at radius 3 is 2.22 bits per heavy atom. The molecule has 0 radical (unpaired) electrons. The van der Waals surface area contributed by atoms with Crippen LogP contribution in [-0.2, 0) is 0 Å². The van der Waals surface area contributed by atoms with E-state index in [0.29, 0.717) is 5.41 Å². The van der Waals surface area contributed by atoms with E-state index >= 15 is 0 Å². The molecule has 0 bridgehead atoms. The normalized spacial score (nSPS) is 16.6. The highest BCUT2D eigenvalue weighted by Gasteiger charge is 2.20. The molecule has 0 saturated carbocycles. The summed E-state index contributed by atoms with van der Waals surface area (Å²) in [6, 6.07) is 0. The van der Waals surface area contributed by atoms with E-state index in [-0.39, 0.29) is 0 Å². The minimum absolute atomic E-state index is 0.490. The van der Waals surface area contributed by atoms with Crippen LogP contribution in [-0.4, -0.2) is 11.4 Å². The number of hydrogen-bond donors (Lipinski definition) is 0. The smallest absolute Gasteiger partial charge is 0.0272 e. The van der Waals surface area contributed by atoms with Crippen molar-refractivity contribution in [3.8, 4) is 0 Å². The summed E-state index contributed by atoms with van der Waals surface area (Å²) in [6.07, 6.45) is 5.50. The maximum Gasteiger partial charge on any atom is 0.0272 e. The van der Waals surface area contributed by atoms with Crippen molar-refractivity contribution >= 4 is 0 Å². The third-order valence-corrected chi connectivity index (χ3v) is 1.93. The summed E-state index contributed by atoms with van der Waals surface area (Å²) in [4.78, 5) is 2.24. The molecule has 0 aromatic carbocycles. The van der Waals surface area contributed by atoms with Crippen molar-refractivity contribution in [2.45, 2.75) is 27.2 Å². The SMILES string of the molecule is CCC(C)(C)CN1C=C1. The highest BCUT2D eigenvalue weighted by molar-refractivity contribution is 5.02. The van der Waals surface area contributed by atoms with Gasteiger partial charge < -0.3 is 4.90 Å². The van der Waals surface area contributed by atoms with E-state index in [9.17, 15) is 0 Å². The van der Waals surface area contributed by atoms with Gasteiger partial charge in [-0.2, -0.15) is 0 Å². The van der Waals surface area contributed by atoms with Gasteiger partial charge in [-0.3, -0.25) is 0 Å². The zero-order valence-corrected chi connectivity index (χ0v) is 6.52. The van der Waals surface area contributed by atoms with E-state index in [1.165, 1.54) is 13.0 Å². The first kappa shape index (κ1) is 6.66. The highest BCUT2D eigenvalue weighted by Crippen LogP contribution is 2.24. The van der Waals surface area contributed by atoms with Gasteiger partial charge >= 0.3 is 0 Å². The Bertz CT molecular complexity index is 119. The summed E-state index contributed by atoms with van der Waals surface area (Å²) in [5.74, 6) is 0. The zero-order valence-electron chi connectivity index (χ0n) is 6.52. The number of hydrogen-bond acceptors (Lipinski definition) is 1. The zero-order chi connectivity index (χ0) is 6.91. The molecule has 0 aromatic heterocycles. The van der Waals surface area contributed by atoms with Crippen LogP contribution >= 0.6 is 0 Å². The lowest BCUT2D eigenvalue weighted by Crippen LogP contribution is -2.21. The highest BCUT2D eigenvalue weighted by atomic mass is 15.2. The number of nitrogens with zero attached hydrogens (tertiary/aromatic N) is 1. The maximum atomic E-state index is 2.30. The molecule has 1 heteroatoms. The topological polar surface area (TPSA) is 3.01 Å². The maximum absolute atomic E-state index is 2.30. The summed E-state index contributed by atoms with van der Waals surface area (Å²) < 4.78 is 0. The fourth-order valence-electron chi connectivity index (χ4n) is 0.759. The van der Waals surface area contributed by atoms with Gasteiger partial charge in [0.2, 0.25) is 0 Å². The molecule has 1 nitrogen and oxygen atoms in total. The lowest BCUT2D eigenvalue weighted by atomic mass is 9.90. The predicted octanol–water partition coefficient (Wildman–Crippen LogP) is 2.21. The van der Waals surface area contributed by atoms with Gasteiger partial charge in [0.15, 0.2) is 0 Å². The van der Waals surface area contributed by atoms with E-state index in [2.05, 4.69) is 38.1 Å². The Labute approximate surface area is 57.4 Å². The van der Waals surface area contributed by atoms with Crippen LogP contribution < -0.4 is 0 Å². The van der Waals surface area contributed by atoms with Gasteiger partial charge in [-0.05, 0) is 11.8 Å². The second-order valence-corrected chi connectivity index (χ2v) is 3.49. The van der Waals surface area contributed by atoms with Gasteiger partial charge in [0.1, 0.15) is 0 Å². The molecule has 0 N–H and O–H groups in total. The molecular weight excluding hydrogens is 110 g/mol. The second-order valence-electron chi connectivity index (χ2n) is 3.49. The molecule has 0 unspecified atom stereocenters.